The van der Waals surface area contributed by atoms with E-state index in [2.05, 4.69) is 32.7 Å². The molecular formula is C22H24N4O. The van der Waals surface area contributed by atoms with E-state index >= 15 is 0 Å². The van der Waals surface area contributed by atoms with E-state index in [4.69, 9.17) is 0 Å². The third kappa shape index (κ3) is 5.14. The average molecular weight is 360 g/mol. The molecule has 0 saturated carbocycles. The smallest absolute Gasteiger partial charge is 0.258 e. The molecule has 5 heteroatoms. The van der Waals surface area contributed by atoms with Crippen LogP contribution in [0.25, 0.3) is 0 Å². The maximum Gasteiger partial charge on any atom is 0.258 e. The van der Waals surface area contributed by atoms with Crippen molar-refractivity contribution in [3.8, 4) is 0 Å². The van der Waals surface area contributed by atoms with Gasteiger partial charge >= 0.3 is 0 Å². The summed E-state index contributed by atoms with van der Waals surface area (Å²) in [5, 5.41) is 6.14. The first-order valence-corrected chi connectivity index (χ1v) is 9.11. The highest BCUT2D eigenvalue weighted by Gasteiger charge is 2.10. The molecule has 1 amide bonds. The molecule has 0 radical (unpaired) electrons. The molecule has 0 saturated heterocycles. The Morgan fingerprint density at radius 1 is 0.926 bits per heavy atom. The highest BCUT2D eigenvalue weighted by molar-refractivity contribution is 6.04. The van der Waals surface area contributed by atoms with Gasteiger partial charge in [0.2, 0.25) is 5.95 Å². The van der Waals surface area contributed by atoms with Crippen LogP contribution in [-0.4, -0.2) is 22.4 Å². The van der Waals surface area contributed by atoms with Crippen molar-refractivity contribution in [3.05, 3.63) is 83.2 Å². The maximum absolute atomic E-state index is 12.4. The van der Waals surface area contributed by atoms with E-state index in [1.807, 2.05) is 50.2 Å². The minimum Gasteiger partial charge on any atom is -0.354 e. The topological polar surface area (TPSA) is 66.9 Å². The van der Waals surface area contributed by atoms with Gasteiger partial charge in [-0.25, -0.2) is 9.97 Å². The highest BCUT2D eigenvalue weighted by atomic mass is 16.1. The molecule has 138 valence electrons. The van der Waals surface area contributed by atoms with E-state index in [9.17, 15) is 4.79 Å². The number of aryl methyl sites for hydroxylation is 3. The Morgan fingerprint density at radius 2 is 1.59 bits per heavy atom. The Labute approximate surface area is 159 Å². The molecule has 0 fully saturated rings. The summed E-state index contributed by atoms with van der Waals surface area (Å²) in [5.41, 5.74) is 4.65. The number of hydrogen-bond acceptors (Lipinski definition) is 4. The number of amides is 1. The van der Waals surface area contributed by atoms with E-state index in [0.717, 1.165) is 36.2 Å². The molecule has 1 heterocycles. The van der Waals surface area contributed by atoms with Crippen LogP contribution in [0.2, 0.25) is 0 Å². The molecule has 3 rings (SSSR count). The minimum atomic E-state index is -0.206. The predicted molar refractivity (Wildman–Crippen MR) is 109 cm³/mol. The van der Waals surface area contributed by atoms with E-state index in [0.29, 0.717) is 11.5 Å². The van der Waals surface area contributed by atoms with E-state index in [1.54, 1.807) is 12.4 Å². The van der Waals surface area contributed by atoms with E-state index in [1.165, 1.54) is 5.56 Å². The molecule has 0 atom stereocenters. The number of anilines is 2. The zero-order valence-electron chi connectivity index (χ0n) is 15.7. The summed E-state index contributed by atoms with van der Waals surface area (Å²) in [4.78, 5) is 20.9. The first kappa shape index (κ1) is 18.6. The van der Waals surface area contributed by atoms with Gasteiger partial charge in [-0.2, -0.15) is 0 Å². The standard InChI is InChI=1S/C22H24N4O/c1-16-8-6-9-17(2)20(16)26-21(27)19-14-24-22(25-15-19)23-13-7-12-18-10-4-3-5-11-18/h3-6,8-11,14-15H,7,12-13H2,1-2H3,(H,26,27)(H,23,24,25). The Balaban J connectivity index is 1.51. The summed E-state index contributed by atoms with van der Waals surface area (Å²) < 4.78 is 0. The molecular weight excluding hydrogens is 336 g/mol. The molecule has 1 aromatic heterocycles. The summed E-state index contributed by atoms with van der Waals surface area (Å²) in [7, 11) is 0. The molecule has 27 heavy (non-hydrogen) atoms. The van der Waals surface area contributed by atoms with Crippen molar-refractivity contribution < 1.29 is 4.79 Å². The number of carbonyl (C=O) groups is 1. The second-order valence-corrected chi connectivity index (χ2v) is 6.53. The van der Waals surface area contributed by atoms with E-state index in [-0.39, 0.29) is 5.91 Å². The third-order valence-electron chi connectivity index (χ3n) is 4.40. The fourth-order valence-electron chi connectivity index (χ4n) is 2.87. The number of hydrogen-bond donors (Lipinski definition) is 2. The van der Waals surface area contributed by atoms with Crippen LogP contribution in [0.15, 0.2) is 60.9 Å². The summed E-state index contributed by atoms with van der Waals surface area (Å²) in [6, 6.07) is 16.3. The third-order valence-corrected chi connectivity index (χ3v) is 4.40. The zero-order chi connectivity index (χ0) is 19.1. The van der Waals surface area contributed by atoms with Crippen LogP contribution in [0.1, 0.15) is 33.5 Å². The molecule has 2 N–H and O–H groups in total. The fourth-order valence-corrected chi connectivity index (χ4v) is 2.87. The first-order chi connectivity index (χ1) is 13.1. The number of aromatic nitrogens is 2. The molecule has 0 aliphatic heterocycles. The van der Waals surface area contributed by atoms with Gasteiger partial charge in [0.25, 0.3) is 5.91 Å². The highest BCUT2D eigenvalue weighted by Crippen LogP contribution is 2.20. The van der Waals surface area contributed by atoms with Crippen molar-refractivity contribution in [1.29, 1.82) is 0 Å². The second kappa shape index (κ2) is 8.94. The van der Waals surface area contributed by atoms with Gasteiger partial charge in [-0.15, -0.1) is 0 Å². The van der Waals surface area contributed by atoms with Crippen molar-refractivity contribution in [1.82, 2.24) is 9.97 Å². The Kier molecular flexibility index (Phi) is 6.15. The normalized spacial score (nSPS) is 10.4. The van der Waals surface area contributed by atoms with Gasteiger partial charge in [0, 0.05) is 24.6 Å². The monoisotopic (exact) mass is 360 g/mol. The lowest BCUT2D eigenvalue weighted by atomic mass is 10.1. The molecule has 0 spiro atoms. The largest absolute Gasteiger partial charge is 0.354 e. The fraction of sp³-hybridized carbons (Fsp3) is 0.227. The molecule has 0 bridgehead atoms. The van der Waals surface area contributed by atoms with Gasteiger partial charge in [0.05, 0.1) is 5.56 Å². The molecule has 0 aliphatic carbocycles. The van der Waals surface area contributed by atoms with Crippen LogP contribution < -0.4 is 10.6 Å². The van der Waals surface area contributed by atoms with Gasteiger partial charge in [-0.1, -0.05) is 48.5 Å². The van der Waals surface area contributed by atoms with Crippen LogP contribution >= 0.6 is 0 Å². The summed E-state index contributed by atoms with van der Waals surface area (Å²) in [5.74, 6) is 0.328. The Hall–Kier alpha value is -3.21. The zero-order valence-corrected chi connectivity index (χ0v) is 15.7. The van der Waals surface area contributed by atoms with Crippen LogP contribution in [0, 0.1) is 13.8 Å². The van der Waals surface area contributed by atoms with E-state index < -0.39 is 0 Å². The molecule has 0 aliphatic rings. The number of para-hydroxylation sites is 1. The summed E-state index contributed by atoms with van der Waals surface area (Å²) in [6.45, 7) is 4.73. The Bertz CT molecular complexity index is 872. The number of nitrogens with zero attached hydrogens (tertiary/aromatic N) is 2. The quantitative estimate of drug-likeness (QED) is 0.613. The molecule has 3 aromatic rings. The minimum absolute atomic E-state index is 0.206. The number of rotatable bonds is 7. The maximum atomic E-state index is 12.4. The predicted octanol–water partition coefficient (Wildman–Crippen LogP) is 4.39. The van der Waals surface area contributed by atoms with Gasteiger partial charge in [-0.3, -0.25) is 4.79 Å². The van der Waals surface area contributed by atoms with Crippen molar-refractivity contribution >= 4 is 17.5 Å². The molecule has 5 nitrogen and oxygen atoms in total. The van der Waals surface area contributed by atoms with Gasteiger partial charge < -0.3 is 10.6 Å². The average Bonchev–Trinajstić information content (AvgIpc) is 2.69. The number of benzene rings is 2. The lowest BCUT2D eigenvalue weighted by Crippen LogP contribution is -2.15. The SMILES string of the molecule is Cc1cccc(C)c1NC(=O)c1cnc(NCCCc2ccccc2)nc1. The molecule has 2 aromatic carbocycles. The number of carbonyl (C=O) groups excluding carboxylic acids is 1. The van der Waals surface area contributed by atoms with Crippen molar-refractivity contribution in [2.24, 2.45) is 0 Å². The van der Waals surface area contributed by atoms with Gasteiger partial charge in [0.15, 0.2) is 0 Å². The number of nitrogens with one attached hydrogen (secondary N) is 2. The summed E-state index contributed by atoms with van der Waals surface area (Å²) >= 11 is 0. The van der Waals surface area contributed by atoms with Crippen LogP contribution in [0.5, 0.6) is 0 Å². The van der Waals surface area contributed by atoms with Gasteiger partial charge in [0.1, 0.15) is 0 Å². The lowest BCUT2D eigenvalue weighted by Gasteiger charge is -2.11. The van der Waals surface area contributed by atoms with Crippen LogP contribution in [0.4, 0.5) is 11.6 Å². The summed E-state index contributed by atoms with van der Waals surface area (Å²) in [6.07, 6.45) is 5.09. The van der Waals surface area contributed by atoms with Crippen molar-refractivity contribution in [3.63, 3.8) is 0 Å². The first-order valence-electron chi connectivity index (χ1n) is 9.11. The second-order valence-electron chi connectivity index (χ2n) is 6.53. The van der Waals surface area contributed by atoms with Crippen LogP contribution in [-0.2, 0) is 6.42 Å². The Morgan fingerprint density at radius 3 is 2.26 bits per heavy atom. The van der Waals surface area contributed by atoms with Crippen LogP contribution in [0.3, 0.4) is 0 Å². The molecule has 0 unspecified atom stereocenters. The van der Waals surface area contributed by atoms with Crippen molar-refractivity contribution in [2.45, 2.75) is 26.7 Å². The van der Waals surface area contributed by atoms with Gasteiger partial charge in [-0.05, 0) is 43.4 Å². The van der Waals surface area contributed by atoms with Crippen molar-refractivity contribution in [2.75, 3.05) is 17.2 Å². The lowest BCUT2D eigenvalue weighted by molar-refractivity contribution is 0.102.